The smallest absolute Gasteiger partial charge is 0.238 e. The van der Waals surface area contributed by atoms with Gasteiger partial charge in [0.05, 0.1) is 17.1 Å². The summed E-state index contributed by atoms with van der Waals surface area (Å²) in [4.78, 5) is 14.1. The van der Waals surface area contributed by atoms with E-state index in [0.717, 1.165) is 0 Å². The molecule has 1 amide bonds. The van der Waals surface area contributed by atoms with Crippen molar-refractivity contribution in [1.29, 1.82) is 5.26 Å². The lowest BCUT2D eigenvalue weighted by Gasteiger charge is -2.17. The second-order valence-corrected chi connectivity index (χ2v) is 5.86. The fourth-order valence-electron chi connectivity index (χ4n) is 2.26. The zero-order chi connectivity index (χ0) is 16.8. The van der Waals surface area contributed by atoms with Crippen molar-refractivity contribution in [1.82, 2.24) is 4.90 Å². The SMILES string of the molecule is Cc1ccccc1CN(C)CC(=O)Nc1ccc(C#N)c(Cl)c1. The van der Waals surface area contributed by atoms with E-state index in [1.165, 1.54) is 11.1 Å². The van der Waals surface area contributed by atoms with Gasteiger partial charge in [-0.15, -0.1) is 0 Å². The van der Waals surface area contributed by atoms with Gasteiger partial charge in [-0.05, 0) is 43.3 Å². The zero-order valence-corrected chi connectivity index (χ0v) is 13.9. The number of carbonyl (C=O) groups is 1. The van der Waals surface area contributed by atoms with Gasteiger partial charge in [0.1, 0.15) is 6.07 Å². The van der Waals surface area contributed by atoms with Gasteiger partial charge in [0.15, 0.2) is 0 Å². The molecule has 5 heteroatoms. The quantitative estimate of drug-likeness (QED) is 0.913. The number of hydrogen-bond acceptors (Lipinski definition) is 3. The second kappa shape index (κ2) is 7.77. The Morgan fingerprint density at radius 3 is 2.70 bits per heavy atom. The molecule has 2 aromatic rings. The Balaban J connectivity index is 1.93. The molecule has 2 aromatic carbocycles. The van der Waals surface area contributed by atoms with E-state index in [2.05, 4.69) is 24.4 Å². The minimum atomic E-state index is -0.123. The Morgan fingerprint density at radius 1 is 1.30 bits per heavy atom. The number of nitrogens with one attached hydrogen (secondary N) is 1. The summed E-state index contributed by atoms with van der Waals surface area (Å²) in [6.07, 6.45) is 0. The molecule has 0 radical (unpaired) electrons. The van der Waals surface area contributed by atoms with Crippen LogP contribution in [0.2, 0.25) is 5.02 Å². The van der Waals surface area contributed by atoms with E-state index < -0.39 is 0 Å². The van der Waals surface area contributed by atoms with Crippen LogP contribution in [-0.2, 0) is 11.3 Å². The summed E-state index contributed by atoms with van der Waals surface area (Å²) in [5.41, 5.74) is 3.38. The second-order valence-electron chi connectivity index (χ2n) is 5.45. The van der Waals surface area contributed by atoms with Crippen LogP contribution in [0.3, 0.4) is 0 Å². The van der Waals surface area contributed by atoms with Gasteiger partial charge in [-0.25, -0.2) is 0 Å². The Bertz CT molecular complexity index is 752. The van der Waals surface area contributed by atoms with Crippen LogP contribution in [0, 0.1) is 18.3 Å². The number of hydrogen-bond donors (Lipinski definition) is 1. The minimum absolute atomic E-state index is 0.123. The van der Waals surface area contributed by atoms with E-state index in [1.54, 1.807) is 18.2 Å². The van der Waals surface area contributed by atoms with Crippen LogP contribution >= 0.6 is 11.6 Å². The largest absolute Gasteiger partial charge is 0.325 e. The van der Waals surface area contributed by atoms with E-state index in [9.17, 15) is 4.79 Å². The molecule has 0 spiro atoms. The van der Waals surface area contributed by atoms with Crippen molar-refractivity contribution in [3.05, 3.63) is 64.2 Å². The Kier molecular flexibility index (Phi) is 5.75. The van der Waals surface area contributed by atoms with Gasteiger partial charge in [-0.3, -0.25) is 9.69 Å². The summed E-state index contributed by atoms with van der Waals surface area (Å²) in [6.45, 7) is 3.03. The van der Waals surface area contributed by atoms with Gasteiger partial charge in [0, 0.05) is 12.2 Å². The van der Waals surface area contributed by atoms with E-state index in [4.69, 9.17) is 16.9 Å². The molecular formula is C18H18ClN3O. The van der Waals surface area contributed by atoms with Crippen LogP contribution in [0.25, 0.3) is 0 Å². The monoisotopic (exact) mass is 327 g/mol. The topological polar surface area (TPSA) is 56.1 Å². The molecule has 118 valence electrons. The van der Waals surface area contributed by atoms with Crippen molar-refractivity contribution in [2.45, 2.75) is 13.5 Å². The maximum atomic E-state index is 12.1. The third-order valence-electron chi connectivity index (χ3n) is 3.49. The van der Waals surface area contributed by atoms with E-state index in [0.29, 0.717) is 22.8 Å². The number of likely N-dealkylation sites (N-methyl/N-ethyl adjacent to an activating group) is 1. The molecule has 4 nitrogen and oxygen atoms in total. The fourth-order valence-corrected chi connectivity index (χ4v) is 2.49. The third-order valence-corrected chi connectivity index (χ3v) is 3.80. The number of halogens is 1. The van der Waals surface area contributed by atoms with Crippen LogP contribution in [0.15, 0.2) is 42.5 Å². The molecule has 23 heavy (non-hydrogen) atoms. The highest BCUT2D eigenvalue weighted by Gasteiger charge is 2.09. The fraction of sp³-hybridized carbons (Fsp3) is 0.222. The molecule has 0 unspecified atom stereocenters. The lowest BCUT2D eigenvalue weighted by molar-refractivity contribution is -0.117. The van der Waals surface area contributed by atoms with Crippen LogP contribution in [0.1, 0.15) is 16.7 Å². The van der Waals surface area contributed by atoms with Gasteiger partial charge in [-0.2, -0.15) is 5.26 Å². The van der Waals surface area contributed by atoms with E-state index >= 15 is 0 Å². The van der Waals surface area contributed by atoms with E-state index in [1.807, 2.05) is 30.1 Å². The van der Waals surface area contributed by atoms with Crippen molar-refractivity contribution in [2.24, 2.45) is 0 Å². The number of amides is 1. The van der Waals surface area contributed by atoms with Gasteiger partial charge < -0.3 is 5.32 Å². The number of carbonyl (C=O) groups excluding carboxylic acids is 1. The standard InChI is InChI=1S/C18H18ClN3O/c1-13-5-3-4-6-15(13)11-22(2)12-18(23)21-16-8-7-14(10-20)17(19)9-16/h3-9H,11-12H2,1-2H3,(H,21,23). The first-order chi connectivity index (χ1) is 11.0. The Hall–Kier alpha value is -2.35. The first kappa shape index (κ1) is 17.0. The van der Waals surface area contributed by atoms with Gasteiger partial charge in [0.2, 0.25) is 5.91 Å². The number of benzene rings is 2. The molecule has 0 fully saturated rings. The van der Waals surface area contributed by atoms with Crippen molar-refractivity contribution < 1.29 is 4.79 Å². The van der Waals surface area contributed by atoms with Crippen LogP contribution in [0.5, 0.6) is 0 Å². The zero-order valence-electron chi connectivity index (χ0n) is 13.1. The molecule has 0 saturated carbocycles. The first-order valence-corrected chi connectivity index (χ1v) is 7.60. The highest BCUT2D eigenvalue weighted by molar-refractivity contribution is 6.32. The number of nitriles is 1. The number of nitrogens with zero attached hydrogens (tertiary/aromatic N) is 2. The average Bonchev–Trinajstić information content (AvgIpc) is 2.49. The summed E-state index contributed by atoms with van der Waals surface area (Å²) in [7, 11) is 1.90. The molecule has 0 atom stereocenters. The highest BCUT2D eigenvalue weighted by atomic mass is 35.5. The van der Waals surface area contributed by atoms with Crippen molar-refractivity contribution in [3.63, 3.8) is 0 Å². The van der Waals surface area contributed by atoms with Crippen LogP contribution in [0.4, 0.5) is 5.69 Å². The molecule has 0 aliphatic heterocycles. The highest BCUT2D eigenvalue weighted by Crippen LogP contribution is 2.20. The predicted molar refractivity (Wildman–Crippen MR) is 92.3 cm³/mol. The molecule has 1 N–H and O–H groups in total. The number of anilines is 1. The normalized spacial score (nSPS) is 10.4. The van der Waals surface area contributed by atoms with Crippen LogP contribution < -0.4 is 5.32 Å². The molecule has 0 saturated heterocycles. The maximum absolute atomic E-state index is 12.1. The first-order valence-electron chi connectivity index (χ1n) is 7.22. The summed E-state index contributed by atoms with van der Waals surface area (Å²) < 4.78 is 0. The predicted octanol–water partition coefficient (Wildman–Crippen LogP) is 3.59. The Morgan fingerprint density at radius 2 is 2.04 bits per heavy atom. The van der Waals surface area contributed by atoms with Gasteiger partial charge >= 0.3 is 0 Å². The van der Waals surface area contributed by atoms with Crippen molar-refractivity contribution >= 4 is 23.2 Å². The molecular weight excluding hydrogens is 310 g/mol. The summed E-state index contributed by atoms with van der Waals surface area (Å²) in [6, 6.07) is 14.9. The lowest BCUT2D eigenvalue weighted by Crippen LogP contribution is -2.30. The average molecular weight is 328 g/mol. The molecule has 2 rings (SSSR count). The molecule has 0 aliphatic rings. The maximum Gasteiger partial charge on any atom is 0.238 e. The van der Waals surface area contributed by atoms with Gasteiger partial charge in [0.25, 0.3) is 0 Å². The minimum Gasteiger partial charge on any atom is -0.325 e. The summed E-state index contributed by atoms with van der Waals surface area (Å²) in [5.74, 6) is -0.123. The molecule has 0 aromatic heterocycles. The van der Waals surface area contributed by atoms with Gasteiger partial charge in [-0.1, -0.05) is 35.9 Å². The van der Waals surface area contributed by atoms with Crippen LogP contribution in [-0.4, -0.2) is 24.4 Å². The molecule has 0 heterocycles. The number of aryl methyl sites for hydroxylation is 1. The lowest BCUT2D eigenvalue weighted by atomic mass is 10.1. The van der Waals surface area contributed by atoms with Crippen molar-refractivity contribution in [2.75, 3.05) is 18.9 Å². The third kappa shape index (κ3) is 4.82. The number of rotatable bonds is 5. The summed E-state index contributed by atoms with van der Waals surface area (Å²) >= 11 is 5.96. The van der Waals surface area contributed by atoms with E-state index in [-0.39, 0.29) is 12.5 Å². The molecule has 0 bridgehead atoms. The summed E-state index contributed by atoms with van der Waals surface area (Å²) in [5, 5.41) is 12.0. The molecule has 0 aliphatic carbocycles. The van der Waals surface area contributed by atoms with Crippen molar-refractivity contribution in [3.8, 4) is 6.07 Å². The Labute approximate surface area is 141 Å².